The minimum absolute atomic E-state index is 0.266. The van der Waals surface area contributed by atoms with Crippen molar-refractivity contribution in [2.45, 2.75) is 31.9 Å². The van der Waals surface area contributed by atoms with E-state index in [0.29, 0.717) is 6.54 Å². The molecule has 0 saturated heterocycles. The quantitative estimate of drug-likeness (QED) is 0.736. The van der Waals surface area contributed by atoms with Crippen molar-refractivity contribution in [2.75, 3.05) is 13.6 Å². The molecule has 3 nitrogen and oxygen atoms in total. The Balaban J connectivity index is 2.47. The van der Waals surface area contributed by atoms with Crippen LogP contribution >= 0.6 is 0 Å². The molecule has 1 rings (SSSR count). The maximum Gasteiger partial charge on any atom is 0.0670 e. The number of nitrogens with zero attached hydrogens (tertiary/aromatic N) is 2. The van der Waals surface area contributed by atoms with E-state index in [2.05, 4.69) is 29.5 Å². The fraction of sp³-hybridized carbons (Fsp3) is 0.500. The average Bonchev–Trinajstić information content (AvgIpc) is 2.36. The summed E-state index contributed by atoms with van der Waals surface area (Å²) in [4.78, 5) is 6.26. The Hall–Kier alpha value is -1.19. The third kappa shape index (κ3) is 4.67. The van der Waals surface area contributed by atoms with Crippen LogP contribution in [0, 0.1) is 0 Å². The molecule has 17 heavy (non-hydrogen) atoms. The summed E-state index contributed by atoms with van der Waals surface area (Å²) >= 11 is 0. The number of likely N-dealkylation sites (N-methyl/N-ethyl adjacent to an activating group) is 1. The van der Waals surface area contributed by atoms with Crippen LogP contribution in [0.15, 0.2) is 37.2 Å². The lowest BCUT2D eigenvalue weighted by Crippen LogP contribution is -2.31. The van der Waals surface area contributed by atoms with Crippen molar-refractivity contribution in [3.8, 4) is 0 Å². The zero-order valence-corrected chi connectivity index (χ0v) is 10.7. The molecule has 94 valence electrons. The van der Waals surface area contributed by atoms with E-state index < -0.39 is 0 Å². The van der Waals surface area contributed by atoms with Crippen LogP contribution in [0.1, 0.15) is 31.4 Å². The lowest BCUT2D eigenvalue weighted by atomic mass is 10.1. The smallest absolute Gasteiger partial charge is 0.0670 e. The van der Waals surface area contributed by atoms with Crippen LogP contribution in [0.5, 0.6) is 0 Å². The SMILES string of the molecule is C=CCCC(O)CN(C)C(C)c1cccnc1. The standard InChI is InChI=1S/C14H22N2O/c1-4-5-8-14(17)11-16(3)12(2)13-7-6-9-15-10-13/h4,6-7,9-10,12,14,17H,1,5,8,11H2,2-3H3. The van der Waals surface area contributed by atoms with Gasteiger partial charge in [0.05, 0.1) is 6.10 Å². The summed E-state index contributed by atoms with van der Waals surface area (Å²) in [5.74, 6) is 0. The Morgan fingerprint density at radius 3 is 2.94 bits per heavy atom. The number of aliphatic hydroxyl groups excluding tert-OH is 1. The maximum absolute atomic E-state index is 9.84. The van der Waals surface area contributed by atoms with Gasteiger partial charge in [0.2, 0.25) is 0 Å². The van der Waals surface area contributed by atoms with Crippen LogP contribution in [-0.4, -0.2) is 34.7 Å². The third-order valence-corrected chi connectivity index (χ3v) is 3.03. The fourth-order valence-electron chi connectivity index (χ4n) is 1.77. The molecular weight excluding hydrogens is 212 g/mol. The van der Waals surface area contributed by atoms with E-state index in [4.69, 9.17) is 0 Å². The highest BCUT2D eigenvalue weighted by atomic mass is 16.3. The molecule has 1 heterocycles. The Kier molecular flexibility index (Phi) is 5.87. The lowest BCUT2D eigenvalue weighted by Gasteiger charge is -2.27. The highest BCUT2D eigenvalue weighted by Gasteiger charge is 2.14. The monoisotopic (exact) mass is 234 g/mol. The van der Waals surface area contributed by atoms with E-state index in [1.165, 1.54) is 5.56 Å². The molecule has 0 aliphatic heterocycles. The van der Waals surface area contributed by atoms with E-state index in [1.54, 1.807) is 6.20 Å². The molecule has 1 N–H and O–H groups in total. The Morgan fingerprint density at radius 1 is 1.59 bits per heavy atom. The van der Waals surface area contributed by atoms with Crippen molar-refractivity contribution in [2.24, 2.45) is 0 Å². The minimum atomic E-state index is -0.294. The Labute approximate surface area is 104 Å². The summed E-state index contributed by atoms with van der Waals surface area (Å²) in [6.45, 7) is 6.45. The maximum atomic E-state index is 9.84. The average molecular weight is 234 g/mol. The van der Waals surface area contributed by atoms with E-state index in [0.717, 1.165) is 12.8 Å². The second kappa shape index (κ2) is 7.20. The number of aromatic nitrogens is 1. The van der Waals surface area contributed by atoms with Crippen LogP contribution in [0.3, 0.4) is 0 Å². The molecule has 1 aromatic rings. The van der Waals surface area contributed by atoms with Gasteiger partial charge in [-0.05, 0) is 38.4 Å². The van der Waals surface area contributed by atoms with Crippen LogP contribution in [0.25, 0.3) is 0 Å². The van der Waals surface area contributed by atoms with Gasteiger partial charge in [0.1, 0.15) is 0 Å². The normalized spacial score (nSPS) is 14.6. The molecular formula is C14H22N2O. The largest absolute Gasteiger partial charge is 0.392 e. The van der Waals surface area contributed by atoms with Crippen molar-refractivity contribution < 1.29 is 5.11 Å². The molecule has 0 bridgehead atoms. The van der Waals surface area contributed by atoms with Gasteiger partial charge in [-0.1, -0.05) is 12.1 Å². The fourth-order valence-corrected chi connectivity index (χ4v) is 1.77. The summed E-state index contributed by atoms with van der Waals surface area (Å²) in [6.07, 6.45) is 6.82. The summed E-state index contributed by atoms with van der Waals surface area (Å²) < 4.78 is 0. The first-order valence-corrected chi connectivity index (χ1v) is 6.04. The van der Waals surface area contributed by atoms with E-state index in [9.17, 15) is 5.11 Å². The van der Waals surface area contributed by atoms with Crippen molar-refractivity contribution >= 4 is 0 Å². The summed E-state index contributed by atoms with van der Waals surface area (Å²) in [7, 11) is 2.02. The molecule has 0 aliphatic carbocycles. The van der Waals surface area contributed by atoms with E-state index in [1.807, 2.05) is 25.4 Å². The predicted molar refractivity (Wildman–Crippen MR) is 70.7 cm³/mol. The van der Waals surface area contributed by atoms with Gasteiger partial charge in [0, 0.05) is 25.0 Å². The van der Waals surface area contributed by atoms with Gasteiger partial charge in [0.25, 0.3) is 0 Å². The molecule has 0 amide bonds. The number of hydrogen-bond donors (Lipinski definition) is 1. The zero-order chi connectivity index (χ0) is 12.7. The van der Waals surface area contributed by atoms with Crippen molar-refractivity contribution in [1.29, 1.82) is 0 Å². The first kappa shape index (κ1) is 13.9. The molecule has 2 atom stereocenters. The van der Waals surface area contributed by atoms with Gasteiger partial charge >= 0.3 is 0 Å². The summed E-state index contributed by atoms with van der Waals surface area (Å²) in [5, 5.41) is 9.84. The summed E-state index contributed by atoms with van der Waals surface area (Å²) in [5.41, 5.74) is 1.17. The van der Waals surface area contributed by atoms with E-state index in [-0.39, 0.29) is 12.1 Å². The highest BCUT2D eigenvalue weighted by Crippen LogP contribution is 2.17. The number of pyridine rings is 1. The van der Waals surface area contributed by atoms with Crippen molar-refractivity contribution in [3.05, 3.63) is 42.7 Å². The van der Waals surface area contributed by atoms with Gasteiger partial charge in [-0.25, -0.2) is 0 Å². The van der Waals surface area contributed by atoms with Crippen LogP contribution in [0.2, 0.25) is 0 Å². The van der Waals surface area contributed by atoms with Gasteiger partial charge in [-0.3, -0.25) is 9.88 Å². The minimum Gasteiger partial charge on any atom is -0.392 e. The lowest BCUT2D eigenvalue weighted by molar-refractivity contribution is 0.102. The first-order chi connectivity index (χ1) is 8.15. The van der Waals surface area contributed by atoms with Gasteiger partial charge in [-0.2, -0.15) is 0 Å². The molecule has 0 saturated carbocycles. The Morgan fingerprint density at radius 2 is 2.35 bits per heavy atom. The highest BCUT2D eigenvalue weighted by molar-refractivity contribution is 5.12. The number of allylic oxidation sites excluding steroid dienone is 1. The molecule has 0 fully saturated rings. The third-order valence-electron chi connectivity index (χ3n) is 3.03. The number of aliphatic hydroxyl groups is 1. The van der Waals surface area contributed by atoms with Crippen LogP contribution < -0.4 is 0 Å². The molecule has 0 aliphatic rings. The zero-order valence-electron chi connectivity index (χ0n) is 10.7. The topological polar surface area (TPSA) is 36.4 Å². The van der Waals surface area contributed by atoms with Crippen molar-refractivity contribution in [3.63, 3.8) is 0 Å². The summed E-state index contributed by atoms with van der Waals surface area (Å²) in [6, 6.07) is 4.26. The molecule has 0 aromatic carbocycles. The second-order valence-electron chi connectivity index (χ2n) is 4.42. The molecule has 0 radical (unpaired) electrons. The molecule has 2 unspecified atom stereocenters. The Bertz CT molecular complexity index is 326. The number of rotatable bonds is 7. The van der Waals surface area contributed by atoms with Gasteiger partial charge in [-0.15, -0.1) is 6.58 Å². The number of hydrogen-bond acceptors (Lipinski definition) is 3. The van der Waals surface area contributed by atoms with Crippen LogP contribution in [0.4, 0.5) is 0 Å². The molecule has 0 spiro atoms. The first-order valence-electron chi connectivity index (χ1n) is 6.04. The van der Waals surface area contributed by atoms with Gasteiger partial charge < -0.3 is 5.11 Å². The van der Waals surface area contributed by atoms with Gasteiger partial charge in [0.15, 0.2) is 0 Å². The van der Waals surface area contributed by atoms with E-state index >= 15 is 0 Å². The predicted octanol–water partition coefficient (Wildman–Crippen LogP) is 2.40. The van der Waals surface area contributed by atoms with Crippen LogP contribution in [-0.2, 0) is 0 Å². The second-order valence-corrected chi connectivity index (χ2v) is 4.42. The van der Waals surface area contributed by atoms with Crippen molar-refractivity contribution in [1.82, 2.24) is 9.88 Å². The molecule has 3 heteroatoms. The molecule has 1 aromatic heterocycles.